The van der Waals surface area contributed by atoms with Crippen molar-refractivity contribution in [3.8, 4) is 0 Å². The van der Waals surface area contributed by atoms with Crippen molar-refractivity contribution in [1.82, 2.24) is 14.9 Å². The van der Waals surface area contributed by atoms with Gasteiger partial charge in [-0.2, -0.15) is 0 Å². The van der Waals surface area contributed by atoms with Crippen molar-refractivity contribution < 1.29 is 9.53 Å². The summed E-state index contributed by atoms with van der Waals surface area (Å²) in [7, 11) is 1.81. The van der Waals surface area contributed by atoms with E-state index < -0.39 is 5.60 Å². The SMILES string of the molecule is Cc1cncc(N2CCC(CN(C)C(=O)OC(C)(C)C)CC2)n1. The van der Waals surface area contributed by atoms with Gasteiger partial charge in [-0.05, 0) is 46.5 Å². The van der Waals surface area contributed by atoms with Gasteiger partial charge in [-0.15, -0.1) is 0 Å². The van der Waals surface area contributed by atoms with Crippen molar-refractivity contribution in [3.05, 3.63) is 18.1 Å². The number of hydrogen-bond acceptors (Lipinski definition) is 5. The minimum atomic E-state index is -0.446. The third kappa shape index (κ3) is 5.37. The van der Waals surface area contributed by atoms with E-state index in [4.69, 9.17) is 4.74 Å². The van der Waals surface area contributed by atoms with Gasteiger partial charge in [0.25, 0.3) is 0 Å². The number of aromatic nitrogens is 2. The van der Waals surface area contributed by atoms with Gasteiger partial charge in [0.2, 0.25) is 0 Å². The van der Waals surface area contributed by atoms with Crippen LogP contribution in [-0.4, -0.2) is 53.2 Å². The maximum absolute atomic E-state index is 12.0. The van der Waals surface area contributed by atoms with Gasteiger partial charge in [0.15, 0.2) is 0 Å². The fraction of sp³-hybridized carbons (Fsp3) is 0.706. The summed E-state index contributed by atoms with van der Waals surface area (Å²) in [6, 6.07) is 0. The molecular formula is C17H28N4O2. The Morgan fingerprint density at radius 3 is 2.57 bits per heavy atom. The molecule has 1 aliphatic heterocycles. The number of rotatable bonds is 3. The van der Waals surface area contributed by atoms with Gasteiger partial charge in [0.05, 0.1) is 11.9 Å². The molecule has 6 nitrogen and oxygen atoms in total. The number of anilines is 1. The molecule has 1 aromatic heterocycles. The molecule has 1 amide bonds. The second-order valence-electron chi connectivity index (χ2n) is 7.31. The molecule has 0 saturated carbocycles. The highest BCUT2D eigenvalue weighted by atomic mass is 16.6. The molecule has 128 valence electrons. The smallest absolute Gasteiger partial charge is 0.410 e. The van der Waals surface area contributed by atoms with Crippen molar-refractivity contribution >= 4 is 11.9 Å². The monoisotopic (exact) mass is 320 g/mol. The van der Waals surface area contributed by atoms with Gasteiger partial charge in [0, 0.05) is 32.9 Å². The molecule has 0 N–H and O–H groups in total. The number of nitrogens with zero attached hydrogens (tertiary/aromatic N) is 4. The standard InChI is InChI=1S/C17H28N4O2/c1-13-10-18-11-15(19-13)21-8-6-14(7-9-21)12-20(5)16(22)23-17(2,3)4/h10-11,14H,6-9,12H2,1-5H3. The molecule has 0 radical (unpaired) electrons. The summed E-state index contributed by atoms with van der Waals surface area (Å²) >= 11 is 0. The van der Waals surface area contributed by atoms with Crippen LogP contribution in [0.25, 0.3) is 0 Å². The Kier molecular flexibility index (Phi) is 5.44. The van der Waals surface area contributed by atoms with Gasteiger partial charge in [-0.1, -0.05) is 0 Å². The molecule has 2 rings (SSSR count). The van der Waals surface area contributed by atoms with E-state index in [1.807, 2.05) is 40.9 Å². The largest absolute Gasteiger partial charge is 0.444 e. The Bertz CT molecular complexity index is 534. The van der Waals surface area contributed by atoms with Crippen LogP contribution in [0.5, 0.6) is 0 Å². The lowest BCUT2D eigenvalue weighted by molar-refractivity contribution is 0.0266. The molecule has 0 bridgehead atoms. The number of aryl methyl sites for hydroxylation is 1. The lowest BCUT2D eigenvalue weighted by Gasteiger charge is -2.34. The Morgan fingerprint density at radius 2 is 2.00 bits per heavy atom. The van der Waals surface area contributed by atoms with Crippen molar-refractivity contribution in [3.63, 3.8) is 0 Å². The van der Waals surface area contributed by atoms with E-state index in [1.54, 1.807) is 11.1 Å². The van der Waals surface area contributed by atoms with Gasteiger partial charge < -0.3 is 14.5 Å². The molecule has 1 aliphatic rings. The van der Waals surface area contributed by atoms with Gasteiger partial charge >= 0.3 is 6.09 Å². The molecule has 1 aromatic rings. The molecule has 2 heterocycles. The highest BCUT2D eigenvalue weighted by molar-refractivity contribution is 5.67. The second-order valence-corrected chi connectivity index (χ2v) is 7.31. The summed E-state index contributed by atoms with van der Waals surface area (Å²) in [5, 5.41) is 0. The van der Waals surface area contributed by atoms with E-state index in [-0.39, 0.29) is 6.09 Å². The van der Waals surface area contributed by atoms with E-state index in [2.05, 4.69) is 14.9 Å². The van der Waals surface area contributed by atoms with Crippen LogP contribution >= 0.6 is 0 Å². The summed E-state index contributed by atoms with van der Waals surface area (Å²) in [5.74, 6) is 1.45. The van der Waals surface area contributed by atoms with Crippen LogP contribution in [0, 0.1) is 12.8 Å². The lowest BCUT2D eigenvalue weighted by atomic mass is 9.96. The Balaban J connectivity index is 1.81. The average Bonchev–Trinajstić information content (AvgIpc) is 2.46. The number of hydrogen-bond donors (Lipinski definition) is 0. The first kappa shape index (κ1) is 17.5. The number of piperidine rings is 1. The van der Waals surface area contributed by atoms with Gasteiger partial charge in [-0.25, -0.2) is 9.78 Å². The van der Waals surface area contributed by atoms with Gasteiger partial charge in [-0.3, -0.25) is 4.98 Å². The molecule has 0 atom stereocenters. The number of amides is 1. The predicted molar refractivity (Wildman–Crippen MR) is 90.6 cm³/mol. The molecule has 23 heavy (non-hydrogen) atoms. The zero-order chi connectivity index (χ0) is 17.0. The van der Waals surface area contributed by atoms with Crippen LogP contribution < -0.4 is 4.90 Å². The summed E-state index contributed by atoms with van der Waals surface area (Å²) < 4.78 is 5.40. The van der Waals surface area contributed by atoms with Crippen LogP contribution in [0.3, 0.4) is 0 Å². The van der Waals surface area contributed by atoms with Crippen LogP contribution in [0.4, 0.5) is 10.6 Å². The molecule has 0 unspecified atom stereocenters. The second kappa shape index (κ2) is 7.15. The highest BCUT2D eigenvalue weighted by Gasteiger charge is 2.25. The quantitative estimate of drug-likeness (QED) is 0.857. The maximum Gasteiger partial charge on any atom is 0.410 e. The van der Waals surface area contributed by atoms with Crippen molar-refractivity contribution in [2.45, 2.75) is 46.1 Å². The molecule has 0 spiro atoms. The van der Waals surface area contributed by atoms with Crippen molar-refractivity contribution in [1.29, 1.82) is 0 Å². The fourth-order valence-corrected chi connectivity index (χ4v) is 2.75. The highest BCUT2D eigenvalue weighted by Crippen LogP contribution is 2.22. The zero-order valence-corrected chi connectivity index (χ0v) is 14.9. The first-order chi connectivity index (χ1) is 10.7. The van der Waals surface area contributed by atoms with Crippen LogP contribution in [-0.2, 0) is 4.74 Å². The Hall–Kier alpha value is -1.85. The molecule has 6 heteroatoms. The van der Waals surface area contributed by atoms with E-state index in [1.165, 1.54) is 0 Å². The minimum absolute atomic E-state index is 0.246. The predicted octanol–water partition coefficient (Wildman–Crippen LogP) is 2.87. The normalized spacial score (nSPS) is 16.3. The summed E-state index contributed by atoms with van der Waals surface area (Å²) in [6.45, 7) is 10.3. The maximum atomic E-state index is 12.0. The van der Waals surface area contributed by atoms with Crippen molar-refractivity contribution in [2.24, 2.45) is 5.92 Å². The topological polar surface area (TPSA) is 58.6 Å². The molecule has 1 saturated heterocycles. The third-order valence-corrected chi connectivity index (χ3v) is 3.92. The molecule has 1 fully saturated rings. The third-order valence-electron chi connectivity index (χ3n) is 3.92. The summed E-state index contributed by atoms with van der Waals surface area (Å²) in [4.78, 5) is 24.7. The zero-order valence-electron chi connectivity index (χ0n) is 14.9. The molecular weight excluding hydrogens is 292 g/mol. The Morgan fingerprint density at radius 1 is 1.35 bits per heavy atom. The summed E-state index contributed by atoms with van der Waals surface area (Å²) in [5.41, 5.74) is 0.493. The minimum Gasteiger partial charge on any atom is -0.444 e. The number of carbonyl (C=O) groups is 1. The molecule has 0 aromatic carbocycles. The Labute approximate surface area is 138 Å². The van der Waals surface area contributed by atoms with Crippen LogP contribution in [0.15, 0.2) is 12.4 Å². The first-order valence-electron chi connectivity index (χ1n) is 8.22. The van der Waals surface area contributed by atoms with Gasteiger partial charge in [0.1, 0.15) is 11.4 Å². The van der Waals surface area contributed by atoms with E-state index in [9.17, 15) is 4.79 Å². The van der Waals surface area contributed by atoms with Crippen LogP contribution in [0.2, 0.25) is 0 Å². The average molecular weight is 320 g/mol. The fourth-order valence-electron chi connectivity index (χ4n) is 2.75. The van der Waals surface area contributed by atoms with Crippen LogP contribution in [0.1, 0.15) is 39.3 Å². The van der Waals surface area contributed by atoms with E-state index in [0.717, 1.165) is 44.0 Å². The van der Waals surface area contributed by atoms with E-state index in [0.29, 0.717) is 5.92 Å². The number of carbonyl (C=O) groups excluding carboxylic acids is 1. The molecule has 0 aliphatic carbocycles. The first-order valence-corrected chi connectivity index (χ1v) is 8.22. The van der Waals surface area contributed by atoms with E-state index >= 15 is 0 Å². The van der Waals surface area contributed by atoms with Crippen molar-refractivity contribution in [2.75, 3.05) is 31.6 Å². The lowest BCUT2D eigenvalue weighted by Crippen LogP contribution is -2.41. The number of ether oxygens (including phenoxy) is 1. The summed E-state index contributed by atoms with van der Waals surface area (Å²) in [6.07, 6.45) is 5.43.